The Morgan fingerprint density at radius 2 is 2.11 bits per heavy atom. The number of nitrogens with one attached hydrogen (secondary N) is 2. The van der Waals surface area contributed by atoms with Crippen LogP contribution in [0.5, 0.6) is 0 Å². The lowest BCUT2D eigenvalue weighted by Crippen LogP contribution is -2.18. The molecule has 3 aromatic rings. The molecule has 136 valence electrons. The molecule has 2 aromatic heterocycles. The fourth-order valence-electron chi connectivity index (χ4n) is 3.84. The number of pyridine rings is 1. The molecular formula is C19H14F2N4O2. The second-order valence-electron chi connectivity index (χ2n) is 6.91. The van der Waals surface area contributed by atoms with Crippen molar-refractivity contribution in [3.05, 3.63) is 75.3 Å². The average Bonchev–Trinajstić information content (AvgIpc) is 3.12. The molecule has 0 spiro atoms. The van der Waals surface area contributed by atoms with Crippen molar-refractivity contribution in [3.8, 4) is 5.69 Å². The first-order chi connectivity index (χ1) is 13.0. The molecule has 8 heteroatoms. The van der Waals surface area contributed by atoms with E-state index in [9.17, 15) is 18.4 Å². The van der Waals surface area contributed by atoms with Crippen molar-refractivity contribution in [2.75, 3.05) is 5.32 Å². The van der Waals surface area contributed by atoms with Crippen LogP contribution in [0.2, 0.25) is 0 Å². The molecule has 1 aromatic carbocycles. The van der Waals surface area contributed by atoms with E-state index in [0.29, 0.717) is 12.3 Å². The van der Waals surface area contributed by atoms with Crippen LogP contribution >= 0.6 is 0 Å². The van der Waals surface area contributed by atoms with Gasteiger partial charge in [-0.05, 0) is 37.0 Å². The summed E-state index contributed by atoms with van der Waals surface area (Å²) < 4.78 is 29.0. The predicted molar refractivity (Wildman–Crippen MR) is 93.0 cm³/mol. The topological polar surface area (TPSA) is 79.8 Å². The summed E-state index contributed by atoms with van der Waals surface area (Å²) in [7, 11) is 0. The fraction of sp³-hybridized carbons (Fsp3) is 0.211. The number of nitrogens with zero attached hydrogens (tertiary/aromatic N) is 2. The molecule has 0 aliphatic heterocycles. The van der Waals surface area contributed by atoms with E-state index in [2.05, 4.69) is 15.4 Å². The summed E-state index contributed by atoms with van der Waals surface area (Å²) in [4.78, 5) is 26.7. The Balaban J connectivity index is 1.57. The molecule has 6 nitrogen and oxygen atoms in total. The van der Waals surface area contributed by atoms with Gasteiger partial charge in [-0.3, -0.25) is 9.59 Å². The molecule has 0 bridgehead atoms. The Hall–Kier alpha value is -3.29. The maximum Gasteiger partial charge on any atom is 0.277 e. The van der Waals surface area contributed by atoms with Crippen molar-refractivity contribution in [2.24, 2.45) is 5.92 Å². The number of hydrogen-bond donors (Lipinski definition) is 2. The average molecular weight is 368 g/mol. The molecule has 1 fully saturated rings. The van der Waals surface area contributed by atoms with Crippen molar-refractivity contribution in [1.29, 1.82) is 0 Å². The molecule has 5 rings (SSSR count). The van der Waals surface area contributed by atoms with Gasteiger partial charge >= 0.3 is 0 Å². The van der Waals surface area contributed by atoms with Crippen LogP contribution < -0.4 is 10.9 Å². The minimum absolute atomic E-state index is 0.118. The minimum atomic E-state index is -0.733. The van der Waals surface area contributed by atoms with Crippen LogP contribution in [0.1, 0.15) is 34.1 Å². The molecule has 0 unspecified atom stereocenters. The summed E-state index contributed by atoms with van der Waals surface area (Å²) in [6.07, 6.45) is 1.69. The number of benzene rings is 1. The number of carbonyl (C=O) groups is 1. The van der Waals surface area contributed by atoms with Gasteiger partial charge in [0.25, 0.3) is 5.91 Å². The lowest BCUT2D eigenvalue weighted by atomic mass is 10.1. The molecule has 27 heavy (non-hydrogen) atoms. The summed E-state index contributed by atoms with van der Waals surface area (Å²) >= 11 is 0. The predicted octanol–water partition coefficient (Wildman–Crippen LogP) is 2.75. The van der Waals surface area contributed by atoms with Gasteiger partial charge < -0.3 is 10.3 Å². The standard InChI is InChI=1S/C19H14F2N4O2/c20-10-4-5-14(13(21)8-10)25-18-11-6-9(11)7-12(18)17(24-25)19(27)23-15-2-1-3-16(26)22-15/h1-5,8-9,11H,6-7H2,(H2,22,23,26,27)/t9-,11-/m0/s1. The van der Waals surface area contributed by atoms with E-state index in [1.165, 1.54) is 28.9 Å². The quantitative estimate of drug-likeness (QED) is 0.746. The molecule has 2 aliphatic carbocycles. The maximum atomic E-state index is 14.3. The number of anilines is 1. The number of halogens is 2. The zero-order valence-corrected chi connectivity index (χ0v) is 14.0. The van der Waals surface area contributed by atoms with E-state index in [4.69, 9.17) is 0 Å². The van der Waals surface area contributed by atoms with Gasteiger partial charge in [0.15, 0.2) is 11.5 Å². The van der Waals surface area contributed by atoms with Crippen LogP contribution in [0.15, 0.2) is 41.2 Å². The van der Waals surface area contributed by atoms with Crippen LogP contribution in [-0.2, 0) is 6.42 Å². The lowest BCUT2D eigenvalue weighted by molar-refractivity contribution is 0.102. The van der Waals surface area contributed by atoms with Crippen LogP contribution in [0.25, 0.3) is 5.69 Å². The number of fused-ring (bicyclic) bond motifs is 3. The highest BCUT2D eigenvalue weighted by atomic mass is 19.1. The molecule has 1 saturated carbocycles. The highest BCUT2D eigenvalue weighted by Gasteiger charge is 2.50. The van der Waals surface area contributed by atoms with Crippen LogP contribution in [0.3, 0.4) is 0 Å². The van der Waals surface area contributed by atoms with Gasteiger partial charge in [-0.15, -0.1) is 0 Å². The second kappa shape index (κ2) is 5.60. The van der Waals surface area contributed by atoms with Gasteiger partial charge in [0, 0.05) is 23.6 Å². The Morgan fingerprint density at radius 3 is 2.89 bits per heavy atom. The fourth-order valence-corrected chi connectivity index (χ4v) is 3.84. The molecule has 0 saturated heterocycles. The van der Waals surface area contributed by atoms with E-state index in [1.807, 2.05) is 0 Å². The largest absolute Gasteiger partial charge is 0.309 e. The van der Waals surface area contributed by atoms with Crippen molar-refractivity contribution in [1.82, 2.24) is 14.8 Å². The molecular weight excluding hydrogens is 354 g/mol. The monoisotopic (exact) mass is 368 g/mol. The van der Waals surface area contributed by atoms with Crippen molar-refractivity contribution in [3.63, 3.8) is 0 Å². The first kappa shape index (κ1) is 15.9. The second-order valence-corrected chi connectivity index (χ2v) is 6.91. The highest BCUT2D eigenvalue weighted by molar-refractivity contribution is 6.03. The van der Waals surface area contributed by atoms with Gasteiger partial charge in [0.1, 0.15) is 17.3 Å². The summed E-state index contributed by atoms with van der Waals surface area (Å²) in [5, 5.41) is 6.96. The number of H-pyrrole nitrogens is 1. The van der Waals surface area contributed by atoms with E-state index in [0.717, 1.165) is 23.7 Å². The van der Waals surface area contributed by atoms with Gasteiger partial charge in [-0.25, -0.2) is 13.5 Å². The third-order valence-electron chi connectivity index (χ3n) is 5.13. The molecule has 2 atom stereocenters. The van der Waals surface area contributed by atoms with E-state index < -0.39 is 17.5 Å². The van der Waals surface area contributed by atoms with Crippen molar-refractivity contribution >= 4 is 11.7 Å². The third-order valence-corrected chi connectivity index (χ3v) is 5.13. The van der Waals surface area contributed by atoms with Gasteiger partial charge in [0.05, 0.1) is 5.69 Å². The number of rotatable bonds is 3. The number of carbonyl (C=O) groups excluding carboxylic acids is 1. The molecule has 2 aliphatic rings. The van der Waals surface area contributed by atoms with E-state index in [1.54, 1.807) is 6.07 Å². The van der Waals surface area contributed by atoms with Gasteiger partial charge in [0.2, 0.25) is 5.56 Å². The summed E-state index contributed by atoms with van der Waals surface area (Å²) in [6.45, 7) is 0. The van der Waals surface area contributed by atoms with E-state index in [-0.39, 0.29) is 28.7 Å². The van der Waals surface area contributed by atoms with Crippen LogP contribution in [-0.4, -0.2) is 20.7 Å². The normalized spacial score (nSPS) is 19.5. The molecule has 0 radical (unpaired) electrons. The first-order valence-electron chi connectivity index (χ1n) is 8.59. The lowest BCUT2D eigenvalue weighted by Gasteiger charge is -2.07. The third kappa shape index (κ3) is 2.56. The number of aromatic amines is 1. The summed E-state index contributed by atoms with van der Waals surface area (Å²) in [6, 6.07) is 7.72. The maximum absolute atomic E-state index is 14.3. The Labute approximate surface area is 151 Å². The summed E-state index contributed by atoms with van der Waals surface area (Å²) in [5.41, 5.74) is 1.59. The smallest absolute Gasteiger partial charge is 0.277 e. The first-order valence-corrected chi connectivity index (χ1v) is 8.59. The molecule has 2 N–H and O–H groups in total. The Morgan fingerprint density at radius 1 is 1.26 bits per heavy atom. The van der Waals surface area contributed by atoms with Gasteiger partial charge in [-0.1, -0.05) is 6.07 Å². The Kier molecular flexibility index (Phi) is 3.30. The van der Waals surface area contributed by atoms with Gasteiger partial charge in [-0.2, -0.15) is 5.10 Å². The minimum Gasteiger partial charge on any atom is -0.309 e. The van der Waals surface area contributed by atoms with E-state index >= 15 is 0 Å². The SMILES string of the molecule is O=C(Nc1cccc(=O)[nH]1)c1nn(-c2ccc(F)cc2F)c2c1C[C@@H]1C[C@H]21. The highest BCUT2D eigenvalue weighted by Crippen LogP contribution is 2.57. The zero-order chi connectivity index (χ0) is 18.7. The Bertz CT molecular complexity index is 1150. The van der Waals surface area contributed by atoms with Crippen LogP contribution in [0, 0.1) is 17.6 Å². The summed E-state index contributed by atoms with van der Waals surface area (Å²) in [5.74, 6) is -0.937. The number of amides is 1. The number of hydrogen-bond acceptors (Lipinski definition) is 3. The zero-order valence-electron chi connectivity index (χ0n) is 14.0. The molecule has 1 amide bonds. The number of aromatic nitrogens is 3. The van der Waals surface area contributed by atoms with Crippen molar-refractivity contribution < 1.29 is 13.6 Å². The molecule has 2 heterocycles. The van der Waals surface area contributed by atoms with Crippen molar-refractivity contribution in [2.45, 2.75) is 18.8 Å². The van der Waals surface area contributed by atoms with Crippen LogP contribution in [0.4, 0.5) is 14.6 Å².